The molecule has 3 heterocycles. The van der Waals surface area contributed by atoms with Gasteiger partial charge in [0.2, 0.25) is 5.28 Å². The summed E-state index contributed by atoms with van der Waals surface area (Å²) >= 11 is 8.92. The number of nitrogens with zero attached hydrogens (tertiary/aromatic N) is 2. The molecule has 11 heteroatoms. The van der Waals surface area contributed by atoms with Crippen LogP contribution in [0, 0.1) is 5.82 Å². The van der Waals surface area contributed by atoms with Gasteiger partial charge in [0.25, 0.3) is 5.56 Å². The molecule has 1 amide bonds. The van der Waals surface area contributed by atoms with Gasteiger partial charge >= 0.3 is 6.09 Å². The highest BCUT2D eigenvalue weighted by atomic mass is 79.9. The maximum Gasteiger partial charge on any atom is 0.410 e. The van der Waals surface area contributed by atoms with Crippen LogP contribution in [0.4, 0.5) is 9.18 Å². The molecule has 2 aromatic rings. The van der Waals surface area contributed by atoms with Crippen molar-refractivity contribution in [1.82, 2.24) is 20.2 Å². The SMILES string of the molecule is CC(C)(C)OC(=O)N1[C@@H]2CC[C@H]1[C@@H](COc1cc(Br)c(F)c3nc(Cl)[nH]c(=O)c13)NC2. The number of piperazine rings is 1. The molecular weight excluding hydrogens is 495 g/mol. The number of amides is 1. The van der Waals surface area contributed by atoms with Gasteiger partial charge in [0.15, 0.2) is 5.82 Å². The molecule has 31 heavy (non-hydrogen) atoms. The quantitative estimate of drug-likeness (QED) is 0.604. The number of carbonyl (C=O) groups excluding carboxylic acids is 1. The molecule has 0 radical (unpaired) electrons. The Morgan fingerprint density at radius 3 is 2.87 bits per heavy atom. The molecule has 1 aromatic heterocycles. The molecule has 0 unspecified atom stereocenters. The molecule has 3 atom stereocenters. The fourth-order valence-corrected chi connectivity index (χ4v) is 4.76. The summed E-state index contributed by atoms with van der Waals surface area (Å²) in [6.07, 6.45) is 1.36. The topological polar surface area (TPSA) is 96.5 Å². The fraction of sp³-hybridized carbons (Fsp3) is 0.550. The lowest BCUT2D eigenvalue weighted by Gasteiger charge is -2.41. The zero-order chi connectivity index (χ0) is 22.5. The normalized spacial score (nSPS) is 23.3. The molecule has 2 saturated heterocycles. The number of benzene rings is 1. The summed E-state index contributed by atoms with van der Waals surface area (Å²) in [7, 11) is 0. The first-order chi connectivity index (χ1) is 14.5. The number of carbonyl (C=O) groups is 1. The van der Waals surface area contributed by atoms with E-state index in [0.29, 0.717) is 6.54 Å². The Labute approximate surface area is 191 Å². The summed E-state index contributed by atoms with van der Waals surface area (Å²) in [5, 5.41) is 3.19. The molecule has 1 aromatic carbocycles. The first-order valence-electron chi connectivity index (χ1n) is 10.00. The highest BCUT2D eigenvalue weighted by molar-refractivity contribution is 9.10. The van der Waals surface area contributed by atoms with Gasteiger partial charge in [-0.25, -0.2) is 14.2 Å². The second kappa shape index (κ2) is 8.22. The third kappa shape index (κ3) is 4.38. The van der Waals surface area contributed by atoms with Crippen molar-refractivity contribution < 1.29 is 18.7 Å². The Balaban J connectivity index is 1.57. The van der Waals surface area contributed by atoms with Gasteiger partial charge in [0, 0.05) is 12.6 Å². The van der Waals surface area contributed by atoms with Crippen LogP contribution in [0.15, 0.2) is 15.3 Å². The highest BCUT2D eigenvalue weighted by Crippen LogP contribution is 2.34. The Morgan fingerprint density at radius 2 is 2.16 bits per heavy atom. The Bertz CT molecular complexity index is 1090. The number of halogens is 3. The largest absolute Gasteiger partial charge is 0.491 e. The summed E-state index contributed by atoms with van der Waals surface area (Å²) in [6.45, 7) is 6.31. The first-order valence-corrected chi connectivity index (χ1v) is 11.2. The van der Waals surface area contributed by atoms with E-state index in [1.165, 1.54) is 6.07 Å². The lowest BCUT2D eigenvalue weighted by molar-refractivity contribution is 0.00125. The van der Waals surface area contributed by atoms with Crippen molar-refractivity contribution in [3.05, 3.63) is 32.0 Å². The Morgan fingerprint density at radius 1 is 1.42 bits per heavy atom. The summed E-state index contributed by atoms with van der Waals surface area (Å²) < 4.78 is 26.1. The number of H-pyrrole nitrogens is 1. The van der Waals surface area contributed by atoms with E-state index in [-0.39, 0.29) is 57.2 Å². The third-order valence-corrected chi connectivity index (χ3v) is 6.22. The van der Waals surface area contributed by atoms with E-state index in [1.807, 2.05) is 20.8 Å². The van der Waals surface area contributed by atoms with E-state index in [9.17, 15) is 14.0 Å². The lowest BCUT2D eigenvalue weighted by Crippen LogP contribution is -2.61. The summed E-state index contributed by atoms with van der Waals surface area (Å²) in [5.41, 5.74) is -1.35. The number of fused-ring (bicyclic) bond motifs is 3. The van der Waals surface area contributed by atoms with Crippen LogP contribution in [-0.4, -0.2) is 57.8 Å². The molecule has 0 aliphatic carbocycles. The number of ether oxygens (including phenoxy) is 2. The summed E-state index contributed by atoms with van der Waals surface area (Å²) in [5.74, 6) is -0.514. The number of hydrogen-bond acceptors (Lipinski definition) is 6. The summed E-state index contributed by atoms with van der Waals surface area (Å²) in [6, 6.07) is 1.19. The molecule has 2 aliphatic heterocycles. The zero-order valence-corrected chi connectivity index (χ0v) is 19.6. The number of hydrogen-bond donors (Lipinski definition) is 2. The number of rotatable bonds is 3. The maximum atomic E-state index is 14.5. The Kier molecular flexibility index (Phi) is 5.91. The predicted octanol–water partition coefficient (Wildman–Crippen LogP) is 3.60. The lowest BCUT2D eigenvalue weighted by atomic mass is 10.1. The van der Waals surface area contributed by atoms with Crippen molar-refractivity contribution in [3.63, 3.8) is 0 Å². The van der Waals surface area contributed by atoms with Crippen molar-refractivity contribution in [1.29, 1.82) is 0 Å². The van der Waals surface area contributed by atoms with Gasteiger partial charge in [-0.15, -0.1) is 0 Å². The molecule has 168 valence electrons. The zero-order valence-electron chi connectivity index (χ0n) is 17.3. The number of nitrogens with one attached hydrogen (secondary N) is 2. The summed E-state index contributed by atoms with van der Waals surface area (Å²) in [4.78, 5) is 33.2. The van der Waals surface area contributed by atoms with Crippen molar-refractivity contribution in [2.24, 2.45) is 0 Å². The predicted molar refractivity (Wildman–Crippen MR) is 117 cm³/mol. The van der Waals surface area contributed by atoms with Gasteiger partial charge in [-0.1, -0.05) is 0 Å². The van der Waals surface area contributed by atoms with E-state index >= 15 is 0 Å². The standard InChI is InChI=1S/C20H23BrClFN4O4/c1-20(2,3)31-19(29)27-9-4-5-12(27)11(24-7-9)8-30-13-6-10(21)15(23)16-14(13)17(28)26-18(22)25-16/h6,9,11-12,24H,4-5,7-8H2,1-3H3,(H,25,26,28)/t9-,11-,12+/m1/s1. The van der Waals surface area contributed by atoms with Crippen molar-refractivity contribution in [2.45, 2.75) is 57.3 Å². The van der Waals surface area contributed by atoms with Crippen LogP contribution in [0.3, 0.4) is 0 Å². The molecule has 2 fully saturated rings. The molecule has 4 rings (SSSR count). The molecule has 2 aliphatic rings. The highest BCUT2D eigenvalue weighted by Gasteiger charge is 2.46. The van der Waals surface area contributed by atoms with Crippen LogP contribution >= 0.6 is 27.5 Å². The van der Waals surface area contributed by atoms with Gasteiger partial charge in [0.1, 0.15) is 28.9 Å². The molecular formula is C20H23BrClFN4O4. The van der Waals surface area contributed by atoms with Crippen LogP contribution in [-0.2, 0) is 4.74 Å². The van der Waals surface area contributed by atoms with E-state index in [0.717, 1.165) is 12.8 Å². The van der Waals surface area contributed by atoms with E-state index in [4.69, 9.17) is 21.1 Å². The minimum atomic E-state index is -0.694. The van der Waals surface area contributed by atoms with Crippen molar-refractivity contribution >= 4 is 44.5 Å². The van der Waals surface area contributed by atoms with Gasteiger partial charge < -0.3 is 14.8 Å². The van der Waals surface area contributed by atoms with Gasteiger partial charge in [-0.3, -0.25) is 14.7 Å². The van der Waals surface area contributed by atoms with E-state index in [2.05, 4.69) is 31.2 Å². The van der Waals surface area contributed by atoms with Crippen LogP contribution < -0.4 is 15.6 Å². The first kappa shape index (κ1) is 22.3. The fourth-order valence-electron chi connectivity index (χ4n) is 4.19. The minimum absolute atomic E-state index is 0.0193. The second-order valence-corrected chi connectivity index (χ2v) is 9.98. The Hall–Kier alpha value is -1.91. The molecule has 2 bridgehead atoms. The minimum Gasteiger partial charge on any atom is -0.491 e. The van der Waals surface area contributed by atoms with Crippen molar-refractivity contribution in [3.8, 4) is 5.75 Å². The average molecular weight is 518 g/mol. The van der Waals surface area contributed by atoms with Gasteiger partial charge in [0.05, 0.1) is 16.6 Å². The maximum absolute atomic E-state index is 14.5. The molecule has 0 spiro atoms. The molecule has 2 N–H and O–H groups in total. The smallest absolute Gasteiger partial charge is 0.410 e. The second-order valence-electron chi connectivity index (χ2n) is 8.76. The third-order valence-electron chi connectivity index (χ3n) is 5.46. The molecule has 8 nitrogen and oxygen atoms in total. The van der Waals surface area contributed by atoms with Gasteiger partial charge in [-0.05, 0) is 67.2 Å². The van der Waals surface area contributed by atoms with Crippen LogP contribution in [0.25, 0.3) is 10.9 Å². The van der Waals surface area contributed by atoms with Crippen LogP contribution in [0.5, 0.6) is 5.75 Å². The van der Waals surface area contributed by atoms with E-state index < -0.39 is 17.0 Å². The van der Waals surface area contributed by atoms with Gasteiger partial charge in [-0.2, -0.15) is 0 Å². The molecule has 0 saturated carbocycles. The van der Waals surface area contributed by atoms with Crippen LogP contribution in [0.1, 0.15) is 33.6 Å². The number of aromatic amines is 1. The van der Waals surface area contributed by atoms with E-state index in [1.54, 1.807) is 4.90 Å². The monoisotopic (exact) mass is 516 g/mol. The van der Waals surface area contributed by atoms with Crippen molar-refractivity contribution in [2.75, 3.05) is 13.2 Å². The number of aromatic nitrogens is 2. The average Bonchev–Trinajstić information content (AvgIpc) is 2.98. The van der Waals surface area contributed by atoms with Crippen LogP contribution in [0.2, 0.25) is 5.28 Å².